The van der Waals surface area contributed by atoms with E-state index in [1.807, 2.05) is 30.3 Å². The van der Waals surface area contributed by atoms with Crippen LogP contribution in [0.2, 0.25) is 0 Å². The first-order valence-electron chi connectivity index (χ1n) is 8.05. The number of anilines is 1. The molecular weight excluding hydrogens is 290 g/mol. The van der Waals surface area contributed by atoms with E-state index in [1.54, 1.807) is 6.08 Å². The summed E-state index contributed by atoms with van der Waals surface area (Å²) in [5, 5.41) is 2.87. The molecule has 23 heavy (non-hydrogen) atoms. The third-order valence-corrected chi connectivity index (χ3v) is 4.10. The van der Waals surface area contributed by atoms with Gasteiger partial charge in [-0.1, -0.05) is 24.3 Å². The summed E-state index contributed by atoms with van der Waals surface area (Å²) in [6.45, 7) is 9.99. The quantitative estimate of drug-likeness (QED) is 0.666. The molecule has 2 amide bonds. The van der Waals surface area contributed by atoms with Crippen molar-refractivity contribution in [2.24, 2.45) is 0 Å². The molecule has 2 rings (SSSR count). The zero-order valence-electron chi connectivity index (χ0n) is 13.9. The average Bonchev–Trinajstić information content (AvgIpc) is 3.01. The summed E-state index contributed by atoms with van der Waals surface area (Å²) in [5.74, 6) is -1.09. The Morgan fingerprint density at radius 1 is 1.39 bits per heavy atom. The van der Waals surface area contributed by atoms with E-state index in [9.17, 15) is 9.59 Å². The highest BCUT2D eigenvalue weighted by Crippen LogP contribution is 2.15. The highest BCUT2D eigenvalue weighted by atomic mass is 16.2. The van der Waals surface area contributed by atoms with Gasteiger partial charge in [0.1, 0.15) is 0 Å². The monoisotopic (exact) mass is 315 g/mol. The summed E-state index contributed by atoms with van der Waals surface area (Å²) in [5.41, 5.74) is 0.697. The van der Waals surface area contributed by atoms with Gasteiger partial charge in [0.15, 0.2) is 0 Å². The molecule has 1 aromatic rings. The van der Waals surface area contributed by atoms with Crippen LogP contribution in [0.25, 0.3) is 0 Å². The molecule has 124 valence electrons. The highest BCUT2D eigenvalue weighted by Gasteiger charge is 2.29. The van der Waals surface area contributed by atoms with Gasteiger partial charge in [0.2, 0.25) is 0 Å². The standard InChI is InChI=1S/C18H25N3O2/c1-4-11-21(16-8-6-5-7-9-16)18(23)17(22)19-15-10-12-20(13-15)14(2)3/h4-9,14-15H,1,10-13H2,2-3H3,(H,19,22). The van der Waals surface area contributed by atoms with Crippen LogP contribution in [0.15, 0.2) is 43.0 Å². The molecule has 0 bridgehead atoms. The summed E-state index contributed by atoms with van der Waals surface area (Å²) in [6, 6.07) is 9.67. The van der Waals surface area contributed by atoms with E-state index in [0.29, 0.717) is 18.3 Å². The van der Waals surface area contributed by atoms with Gasteiger partial charge in [-0.2, -0.15) is 0 Å². The van der Waals surface area contributed by atoms with E-state index in [-0.39, 0.29) is 6.04 Å². The Bertz CT molecular complexity index is 557. The molecule has 1 fully saturated rings. The number of carbonyl (C=O) groups is 2. The van der Waals surface area contributed by atoms with Gasteiger partial charge in [0.05, 0.1) is 0 Å². The van der Waals surface area contributed by atoms with Gasteiger partial charge < -0.3 is 10.2 Å². The minimum atomic E-state index is -0.550. The molecule has 1 aliphatic heterocycles. The fraction of sp³-hybridized carbons (Fsp3) is 0.444. The summed E-state index contributed by atoms with van der Waals surface area (Å²) in [6.07, 6.45) is 2.50. The van der Waals surface area contributed by atoms with Crippen LogP contribution in [-0.2, 0) is 9.59 Å². The second kappa shape index (κ2) is 7.92. The largest absolute Gasteiger partial charge is 0.344 e. The topological polar surface area (TPSA) is 52.7 Å². The van der Waals surface area contributed by atoms with Crippen LogP contribution in [0.5, 0.6) is 0 Å². The fourth-order valence-corrected chi connectivity index (χ4v) is 2.79. The Hall–Kier alpha value is -2.14. The number of nitrogens with one attached hydrogen (secondary N) is 1. The molecular formula is C18H25N3O2. The lowest BCUT2D eigenvalue weighted by atomic mass is 10.2. The lowest BCUT2D eigenvalue weighted by Crippen LogP contribution is -2.47. The predicted molar refractivity (Wildman–Crippen MR) is 92.2 cm³/mol. The van der Waals surface area contributed by atoms with Gasteiger partial charge in [-0.15, -0.1) is 6.58 Å². The van der Waals surface area contributed by atoms with Gasteiger partial charge in [0, 0.05) is 37.4 Å². The zero-order valence-corrected chi connectivity index (χ0v) is 13.9. The van der Waals surface area contributed by atoms with Crippen LogP contribution in [0.3, 0.4) is 0 Å². The summed E-state index contributed by atoms with van der Waals surface area (Å²) in [7, 11) is 0. The minimum absolute atomic E-state index is 0.0372. The number of hydrogen-bond donors (Lipinski definition) is 1. The van der Waals surface area contributed by atoms with E-state index in [1.165, 1.54) is 4.90 Å². The Labute approximate surface area is 138 Å². The first kappa shape index (κ1) is 17.2. The highest BCUT2D eigenvalue weighted by molar-refractivity contribution is 6.40. The van der Waals surface area contributed by atoms with Crippen molar-refractivity contribution in [3.05, 3.63) is 43.0 Å². The van der Waals surface area contributed by atoms with Gasteiger partial charge in [-0.05, 0) is 32.4 Å². The first-order valence-corrected chi connectivity index (χ1v) is 8.05. The number of hydrogen-bond acceptors (Lipinski definition) is 3. The normalized spacial score (nSPS) is 18.0. The van der Waals surface area contributed by atoms with Crippen molar-refractivity contribution in [1.29, 1.82) is 0 Å². The van der Waals surface area contributed by atoms with Crippen molar-refractivity contribution >= 4 is 17.5 Å². The predicted octanol–water partition coefficient (Wildman–Crippen LogP) is 1.80. The molecule has 0 saturated carbocycles. The lowest BCUT2D eigenvalue weighted by molar-refractivity contribution is -0.138. The van der Waals surface area contributed by atoms with Crippen LogP contribution >= 0.6 is 0 Å². The van der Waals surface area contributed by atoms with E-state index < -0.39 is 11.8 Å². The number of carbonyl (C=O) groups excluding carboxylic acids is 2. The Morgan fingerprint density at radius 3 is 2.65 bits per heavy atom. The average molecular weight is 315 g/mol. The molecule has 0 aromatic heterocycles. The van der Waals surface area contributed by atoms with Crippen molar-refractivity contribution in [3.8, 4) is 0 Å². The van der Waals surface area contributed by atoms with Crippen LogP contribution in [-0.4, -0.2) is 48.4 Å². The van der Waals surface area contributed by atoms with Crippen molar-refractivity contribution in [3.63, 3.8) is 0 Å². The fourth-order valence-electron chi connectivity index (χ4n) is 2.79. The number of rotatable bonds is 5. The van der Waals surface area contributed by atoms with E-state index in [4.69, 9.17) is 0 Å². The molecule has 0 aliphatic carbocycles. The van der Waals surface area contributed by atoms with E-state index in [0.717, 1.165) is 19.5 Å². The molecule has 5 heteroatoms. The van der Waals surface area contributed by atoms with Crippen LogP contribution in [0.4, 0.5) is 5.69 Å². The molecule has 1 N–H and O–H groups in total. The van der Waals surface area contributed by atoms with Crippen LogP contribution in [0.1, 0.15) is 20.3 Å². The van der Waals surface area contributed by atoms with Crippen LogP contribution < -0.4 is 10.2 Å². The second-order valence-corrected chi connectivity index (χ2v) is 6.09. The molecule has 1 heterocycles. The molecule has 0 radical (unpaired) electrons. The van der Waals surface area contributed by atoms with Gasteiger partial charge in [-0.3, -0.25) is 14.5 Å². The minimum Gasteiger partial charge on any atom is -0.344 e. The van der Waals surface area contributed by atoms with Gasteiger partial charge in [0.25, 0.3) is 0 Å². The van der Waals surface area contributed by atoms with Gasteiger partial charge in [-0.25, -0.2) is 0 Å². The molecule has 1 unspecified atom stereocenters. The SMILES string of the molecule is C=CCN(C(=O)C(=O)NC1CCN(C(C)C)C1)c1ccccc1. The summed E-state index contributed by atoms with van der Waals surface area (Å²) in [4.78, 5) is 28.5. The van der Waals surface area contributed by atoms with E-state index >= 15 is 0 Å². The molecule has 5 nitrogen and oxygen atoms in total. The first-order chi connectivity index (χ1) is 11.0. The smallest absolute Gasteiger partial charge is 0.316 e. The number of likely N-dealkylation sites (tertiary alicyclic amines) is 1. The second-order valence-electron chi connectivity index (χ2n) is 6.09. The van der Waals surface area contributed by atoms with E-state index in [2.05, 4.69) is 30.6 Å². The van der Waals surface area contributed by atoms with Gasteiger partial charge >= 0.3 is 11.8 Å². The Kier molecular flexibility index (Phi) is 5.93. The number of amides is 2. The number of nitrogens with zero attached hydrogens (tertiary/aromatic N) is 2. The summed E-state index contributed by atoms with van der Waals surface area (Å²) < 4.78 is 0. The molecule has 1 aromatic carbocycles. The third kappa shape index (κ3) is 4.42. The maximum atomic E-state index is 12.5. The molecule has 0 spiro atoms. The zero-order chi connectivity index (χ0) is 16.8. The Morgan fingerprint density at radius 2 is 2.09 bits per heavy atom. The van der Waals surface area contributed by atoms with Crippen molar-refractivity contribution in [2.45, 2.75) is 32.4 Å². The lowest BCUT2D eigenvalue weighted by Gasteiger charge is -2.23. The molecule has 1 aliphatic rings. The van der Waals surface area contributed by atoms with Crippen molar-refractivity contribution < 1.29 is 9.59 Å². The maximum Gasteiger partial charge on any atom is 0.316 e. The molecule has 1 saturated heterocycles. The number of benzene rings is 1. The number of para-hydroxylation sites is 1. The van der Waals surface area contributed by atoms with Crippen LogP contribution in [0, 0.1) is 0 Å². The van der Waals surface area contributed by atoms with Crippen molar-refractivity contribution in [2.75, 3.05) is 24.5 Å². The van der Waals surface area contributed by atoms with Crippen molar-refractivity contribution in [1.82, 2.24) is 10.2 Å². The third-order valence-electron chi connectivity index (χ3n) is 4.10. The maximum absolute atomic E-state index is 12.5. The summed E-state index contributed by atoms with van der Waals surface area (Å²) >= 11 is 0. The Balaban J connectivity index is 2.00. The molecule has 1 atom stereocenters.